The Hall–Kier alpha value is -2.24. The molecule has 2 saturated heterocycles. The summed E-state index contributed by atoms with van der Waals surface area (Å²) in [5, 5.41) is 7.44. The molecule has 2 aliphatic heterocycles. The minimum atomic E-state index is -3.23. The highest BCUT2D eigenvalue weighted by Gasteiger charge is 2.39. The molecule has 1 saturated carbocycles. The Morgan fingerprint density at radius 2 is 1.95 bits per heavy atom. The molecule has 7 atom stereocenters. The van der Waals surface area contributed by atoms with Gasteiger partial charge < -0.3 is 21.1 Å². The molecule has 3 fully saturated rings. The van der Waals surface area contributed by atoms with E-state index >= 15 is 0 Å². The van der Waals surface area contributed by atoms with Crippen molar-refractivity contribution in [3.05, 3.63) is 59.2 Å². The number of nitrogens with two attached hydrogens (primary N) is 1. The lowest BCUT2D eigenvalue weighted by Crippen LogP contribution is -2.57. The molecule has 2 heterocycles. The van der Waals surface area contributed by atoms with Crippen LogP contribution in [0, 0.1) is 5.92 Å². The third kappa shape index (κ3) is 8.23. The molecule has 4 rings (SSSR count). The molecule has 2 bridgehead atoms. The predicted octanol–water partition coefficient (Wildman–Crippen LogP) is 3.76. The maximum absolute atomic E-state index is 13.7. The van der Waals surface area contributed by atoms with Crippen LogP contribution in [-0.4, -0.2) is 81.7 Å². The van der Waals surface area contributed by atoms with Crippen molar-refractivity contribution in [2.45, 2.75) is 81.5 Å². The molecule has 232 valence electrons. The zero-order valence-corrected chi connectivity index (χ0v) is 26.4. The number of methoxy groups -OCH3 is 1. The summed E-state index contributed by atoms with van der Waals surface area (Å²) in [6, 6.07) is 6.61. The largest absolute Gasteiger partial charge is 0.481 e. The molecular weight excluding hydrogens is 574 g/mol. The van der Waals surface area contributed by atoms with E-state index in [0.717, 1.165) is 50.5 Å². The van der Waals surface area contributed by atoms with Crippen LogP contribution in [-0.2, 0) is 19.6 Å². The number of piperazine rings is 1. The first-order chi connectivity index (χ1) is 20.1. The van der Waals surface area contributed by atoms with Crippen LogP contribution < -0.4 is 16.4 Å². The minimum absolute atomic E-state index is 0.00988. The summed E-state index contributed by atoms with van der Waals surface area (Å²) < 4.78 is 32.8. The normalized spacial score (nSPS) is 29.3. The quantitative estimate of drug-likeness (QED) is 0.208. The highest BCUT2D eigenvalue weighted by molar-refractivity contribution is 7.89. The van der Waals surface area contributed by atoms with Gasteiger partial charge in [0.15, 0.2) is 0 Å². The molecule has 1 aromatic carbocycles. The van der Waals surface area contributed by atoms with Gasteiger partial charge in [-0.3, -0.25) is 9.79 Å². The first kappa shape index (κ1) is 32.7. The van der Waals surface area contributed by atoms with E-state index in [0.29, 0.717) is 36.0 Å². The molecule has 3 aliphatic rings. The number of rotatable bonds is 10. The molecular formula is C31H46ClN5O4S. The Balaban J connectivity index is 1.45. The van der Waals surface area contributed by atoms with E-state index in [4.69, 9.17) is 22.1 Å². The van der Waals surface area contributed by atoms with Gasteiger partial charge in [0.1, 0.15) is 0 Å². The number of hydrogen-bond donors (Lipinski definition) is 3. The molecule has 1 aromatic rings. The van der Waals surface area contributed by atoms with Crippen molar-refractivity contribution in [1.29, 1.82) is 0 Å². The van der Waals surface area contributed by atoms with Crippen LogP contribution >= 0.6 is 11.6 Å². The van der Waals surface area contributed by atoms with Crippen LogP contribution in [0.25, 0.3) is 0 Å². The average Bonchev–Trinajstić information content (AvgIpc) is 3.09. The molecule has 0 spiro atoms. The molecule has 1 aliphatic carbocycles. The number of amides is 1. The SMILES string of the molecule is C=C(/C=C\C(=N/C)OC)[C@H](c1ccc(Cl)cc1)[C@H](N)C(=O)N[C@H]1CCCC[C@@H]1CC[C@H]1CN[C@@H]2CCCS(=O)(=O)N1C2. The number of aliphatic imine (C=N–C) groups is 1. The molecule has 0 radical (unpaired) electrons. The Kier molecular flexibility index (Phi) is 11.6. The molecule has 42 heavy (non-hydrogen) atoms. The van der Waals surface area contributed by atoms with Crippen molar-refractivity contribution in [3.8, 4) is 0 Å². The summed E-state index contributed by atoms with van der Waals surface area (Å²) in [4.78, 5) is 17.8. The van der Waals surface area contributed by atoms with Crippen molar-refractivity contribution in [1.82, 2.24) is 14.9 Å². The maximum atomic E-state index is 13.7. The summed E-state index contributed by atoms with van der Waals surface area (Å²) >= 11 is 6.14. The van der Waals surface area contributed by atoms with Gasteiger partial charge in [0.25, 0.3) is 0 Å². The highest BCUT2D eigenvalue weighted by Crippen LogP contribution is 2.33. The number of halogens is 1. The number of benzene rings is 1. The lowest BCUT2D eigenvalue weighted by molar-refractivity contribution is -0.124. The first-order valence-corrected chi connectivity index (χ1v) is 17.0. The second-order valence-corrected chi connectivity index (χ2v) is 14.2. The number of nitrogens with one attached hydrogen (secondary N) is 2. The lowest BCUT2D eigenvalue weighted by Gasteiger charge is -2.39. The lowest BCUT2D eigenvalue weighted by atomic mass is 9.80. The average molecular weight is 620 g/mol. The number of carbonyl (C=O) groups is 1. The van der Waals surface area contributed by atoms with Crippen LogP contribution in [0.1, 0.15) is 62.8 Å². The number of allylic oxidation sites excluding steroid dienone is 1. The van der Waals surface area contributed by atoms with E-state index in [2.05, 4.69) is 22.2 Å². The van der Waals surface area contributed by atoms with Crippen LogP contribution in [0.3, 0.4) is 0 Å². The summed E-state index contributed by atoms with van der Waals surface area (Å²) in [5.74, 6) is 0.226. The van der Waals surface area contributed by atoms with E-state index in [-0.39, 0.29) is 35.7 Å². The van der Waals surface area contributed by atoms with Gasteiger partial charge in [-0.15, -0.1) is 0 Å². The number of sulfonamides is 1. The van der Waals surface area contributed by atoms with Crippen molar-refractivity contribution in [2.24, 2.45) is 16.6 Å². The van der Waals surface area contributed by atoms with E-state index < -0.39 is 22.0 Å². The molecule has 0 aromatic heterocycles. The van der Waals surface area contributed by atoms with Gasteiger partial charge in [-0.25, -0.2) is 8.42 Å². The van der Waals surface area contributed by atoms with Crippen molar-refractivity contribution >= 4 is 33.4 Å². The fraction of sp³-hybridized carbons (Fsp3) is 0.613. The number of carbonyl (C=O) groups excluding carboxylic acids is 1. The minimum Gasteiger partial charge on any atom is -0.481 e. The number of ether oxygens (including phenoxy) is 1. The Morgan fingerprint density at radius 3 is 2.67 bits per heavy atom. The molecule has 1 unspecified atom stereocenters. The smallest absolute Gasteiger partial charge is 0.238 e. The summed E-state index contributed by atoms with van der Waals surface area (Å²) in [6.45, 7) is 5.48. The Bertz CT molecular complexity index is 1250. The zero-order valence-electron chi connectivity index (χ0n) is 24.8. The second-order valence-electron chi connectivity index (χ2n) is 11.8. The van der Waals surface area contributed by atoms with Crippen molar-refractivity contribution in [3.63, 3.8) is 0 Å². The second kappa shape index (κ2) is 15.0. The molecule has 11 heteroatoms. The topological polar surface area (TPSA) is 126 Å². The number of fused-ring (bicyclic) bond motifs is 2. The van der Waals surface area contributed by atoms with E-state index in [1.165, 1.54) is 0 Å². The highest BCUT2D eigenvalue weighted by atomic mass is 35.5. The van der Waals surface area contributed by atoms with Crippen LogP contribution in [0.5, 0.6) is 0 Å². The van der Waals surface area contributed by atoms with Gasteiger partial charge in [-0.1, -0.05) is 49.2 Å². The van der Waals surface area contributed by atoms with Gasteiger partial charge in [0, 0.05) is 55.3 Å². The fourth-order valence-corrected chi connectivity index (χ4v) is 8.60. The van der Waals surface area contributed by atoms with Gasteiger partial charge in [0.05, 0.1) is 18.9 Å². The monoisotopic (exact) mass is 619 g/mol. The zero-order chi connectivity index (χ0) is 30.3. The van der Waals surface area contributed by atoms with Crippen LogP contribution in [0.4, 0.5) is 0 Å². The molecule has 1 amide bonds. The maximum Gasteiger partial charge on any atom is 0.238 e. The number of hydrogen-bond acceptors (Lipinski definition) is 7. The predicted molar refractivity (Wildman–Crippen MR) is 169 cm³/mol. The molecule has 9 nitrogen and oxygen atoms in total. The van der Waals surface area contributed by atoms with Gasteiger partial charge in [-0.05, 0) is 67.7 Å². The third-order valence-corrected chi connectivity index (χ3v) is 11.2. The van der Waals surface area contributed by atoms with Gasteiger partial charge in [0.2, 0.25) is 21.8 Å². The summed E-state index contributed by atoms with van der Waals surface area (Å²) in [6.07, 6.45) is 10.8. The van der Waals surface area contributed by atoms with Gasteiger partial charge in [-0.2, -0.15) is 4.31 Å². The third-order valence-electron chi connectivity index (χ3n) is 9.03. The van der Waals surface area contributed by atoms with Crippen molar-refractivity contribution < 1.29 is 17.9 Å². The number of nitrogens with zero attached hydrogens (tertiary/aromatic N) is 2. The standard InChI is InChI=1S/C31H46ClN5O4S/c1-21(10-17-28(34-2)41-3)29(23-11-14-24(32)15-12-23)30(33)31(38)36-27-9-5-4-7-22(27)13-16-26-19-35-25-8-6-18-42(39,40)37(26)20-25/h10-12,14-15,17,22,25-27,29-30,35H,1,4-9,13,16,18-20,33H2,2-3H3,(H,36,38)/b17-10-,34-28+/t22-,25-,26+,27+,29-,30+/m1/s1. The van der Waals surface area contributed by atoms with Crippen LogP contribution in [0.2, 0.25) is 5.02 Å². The van der Waals surface area contributed by atoms with E-state index in [9.17, 15) is 13.2 Å². The van der Waals surface area contributed by atoms with Crippen molar-refractivity contribution in [2.75, 3.05) is 33.0 Å². The fourth-order valence-electron chi connectivity index (χ4n) is 6.66. The van der Waals surface area contributed by atoms with Crippen LogP contribution in [0.15, 0.2) is 53.6 Å². The molecule has 4 N–H and O–H groups in total. The Morgan fingerprint density at radius 1 is 1.21 bits per heavy atom. The van der Waals surface area contributed by atoms with E-state index in [1.54, 1.807) is 42.7 Å². The van der Waals surface area contributed by atoms with E-state index in [1.807, 2.05) is 12.1 Å². The first-order valence-electron chi connectivity index (χ1n) is 15.0. The van der Waals surface area contributed by atoms with Gasteiger partial charge >= 0.3 is 0 Å². The summed E-state index contributed by atoms with van der Waals surface area (Å²) in [5.41, 5.74) is 8.17. The summed E-state index contributed by atoms with van der Waals surface area (Å²) in [7, 11) is -0.0509. The Labute approximate surface area is 256 Å².